The van der Waals surface area contributed by atoms with Gasteiger partial charge in [-0.2, -0.15) is 5.10 Å². The van der Waals surface area contributed by atoms with Crippen LogP contribution in [0.3, 0.4) is 0 Å². The summed E-state index contributed by atoms with van der Waals surface area (Å²) in [5, 5.41) is 5.17. The molecule has 0 unspecified atom stereocenters. The average Bonchev–Trinajstić information content (AvgIpc) is 3.05. The molecule has 0 aliphatic rings. The van der Waals surface area contributed by atoms with Gasteiger partial charge in [-0.3, -0.25) is 20.4 Å². The lowest BCUT2D eigenvalue weighted by molar-refractivity contribution is -0.129. The van der Waals surface area contributed by atoms with E-state index in [9.17, 15) is 9.59 Å². The van der Waals surface area contributed by atoms with E-state index in [2.05, 4.69) is 16.0 Å². The van der Waals surface area contributed by atoms with Crippen LogP contribution in [0, 0.1) is 13.8 Å². The third-order valence-corrected chi connectivity index (χ3v) is 5.16. The van der Waals surface area contributed by atoms with E-state index in [1.165, 1.54) is 0 Å². The van der Waals surface area contributed by atoms with Crippen molar-refractivity contribution in [3.05, 3.63) is 76.1 Å². The quantitative estimate of drug-likeness (QED) is 0.551. The van der Waals surface area contributed by atoms with Crippen LogP contribution in [0.15, 0.2) is 48.5 Å². The van der Waals surface area contributed by atoms with Gasteiger partial charge in [0.2, 0.25) is 5.91 Å². The molecule has 0 radical (unpaired) electrons. The minimum Gasteiger partial charge on any atom is -0.483 e. The summed E-state index contributed by atoms with van der Waals surface area (Å²) in [6, 6.07) is 14.8. The predicted molar refractivity (Wildman–Crippen MR) is 119 cm³/mol. The van der Waals surface area contributed by atoms with Gasteiger partial charge in [0, 0.05) is 16.3 Å². The van der Waals surface area contributed by atoms with Gasteiger partial charge in [-0.25, -0.2) is 4.68 Å². The lowest BCUT2D eigenvalue weighted by atomic mass is 10.1. The van der Waals surface area contributed by atoms with Gasteiger partial charge < -0.3 is 4.74 Å². The standard InChI is InChI=1S/C23H25ClN4O3/c1-4-17-7-5-6-8-21(17)31-14-23(30)26-25-22(29)13-20-15(2)27-28(16(20)3)19-11-9-18(24)10-12-19/h5-12H,4,13-14H2,1-3H3,(H,25,29)(H,26,30). The van der Waals surface area contributed by atoms with E-state index in [4.69, 9.17) is 16.3 Å². The molecule has 8 heteroatoms. The molecule has 0 fully saturated rings. The summed E-state index contributed by atoms with van der Waals surface area (Å²) in [5.41, 5.74) is 9.09. The summed E-state index contributed by atoms with van der Waals surface area (Å²) in [6.45, 7) is 5.57. The number of hydrogen-bond acceptors (Lipinski definition) is 4. The van der Waals surface area contributed by atoms with Gasteiger partial charge in [0.05, 0.1) is 17.8 Å². The molecule has 0 saturated carbocycles. The van der Waals surface area contributed by atoms with Crippen molar-refractivity contribution < 1.29 is 14.3 Å². The Hall–Kier alpha value is -3.32. The highest BCUT2D eigenvalue weighted by atomic mass is 35.5. The van der Waals surface area contributed by atoms with Crippen LogP contribution in [0.5, 0.6) is 5.75 Å². The second kappa shape index (κ2) is 10.1. The van der Waals surface area contributed by atoms with E-state index < -0.39 is 5.91 Å². The van der Waals surface area contributed by atoms with Crippen LogP contribution in [0.1, 0.15) is 29.4 Å². The number of rotatable bonds is 7. The summed E-state index contributed by atoms with van der Waals surface area (Å²) in [5.74, 6) is -0.124. The number of aryl methyl sites for hydroxylation is 2. The van der Waals surface area contributed by atoms with Crippen LogP contribution in [-0.2, 0) is 22.4 Å². The molecule has 0 saturated heterocycles. The third kappa shape index (κ3) is 5.64. The number of nitrogens with zero attached hydrogens (tertiary/aromatic N) is 2. The Labute approximate surface area is 186 Å². The molecular weight excluding hydrogens is 416 g/mol. The van der Waals surface area contributed by atoms with E-state index in [-0.39, 0.29) is 18.9 Å². The van der Waals surface area contributed by atoms with E-state index in [0.29, 0.717) is 10.8 Å². The molecule has 2 aromatic carbocycles. The van der Waals surface area contributed by atoms with Gasteiger partial charge >= 0.3 is 0 Å². The number of halogens is 1. The second-order valence-corrected chi connectivity index (χ2v) is 7.50. The minimum absolute atomic E-state index is 0.0884. The van der Waals surface area contributed by atoms with Crippen molar-refractivity contribution >= 4 is 23.4 Å². The fourth-order valence-electron chi connectivity index (χ4n) is 3.22. The number of aromatic nitrogens is 2. The van der Waals surface area contributed by atoms with E-state index in [1.54, 1.807) is 16.8 Å². The van der Waals surface area contributed by atoms with Crippen LogP contribution in [0.4, 0.5) is 0 Å². The first kappa shape index (κ1) is 22.4. The Morgan fingerprint density at radius 1 is 1.03 bits per heavy atom. The number of nitrogens with one attached hydrogen (secondary N) is 2. The van der Waals surface area contributed by atoms with Crippen molar-refractivity contribution in [3.63, 3.8) is 0 Å². The summed E-state index contributed by atoms with van der Waals surface area (Å²) in [6.07, 6.45) is 0.891. The van der Waals surface area contributed by atoms with Gasteiger partial charge in [-0.15, -0.1) is 0 Å². The molecule has 0 spiro atoms. The molecule has 2 N–H and O–H groups in total. The second-order valence-electron chi connectivity index (χ2n) is 7.06. The Bertz CT molecular complexity index is 1080. The highest BCUT2D eigenvalue weighted by Crippen LogP contribution is 2.20. The number of carbonyl (C=O) groups is 2. The normalized spacial score (nSPS) is 10.6. The molecule has 3 rings (SSSR count). The van der Waals surface area contributed by atoms with Crippen LogP contribution < -0.4 is 15.6 Å². The molecule has 162 valence electrons. The van der Waals surface area contributed by atoms with Crippen LogP contribution >= 0.6 is 11.6 Å². The van der Waals surface area contributed by atoms with Crippen LogP contribution in [-0.4, -0.2) is 28.2 Å². The monoisotopic (exact) mass is 440 g/mol. The van der Waals surface area contributed by atoms with E-state index >= 15 is 0 Å². The SMILES string of the molecule is CCc1ccccc1OCC(=O)NNC(=O)Cc1c(C)nn(-c2ccc(Cl)cc2)c1C. The van der Waals surface area contributed by atoms with Crippen LogP contribution in [0.25, 0.3) is 5.69 Å². The van der Waals surface area contributed by atoms with Crippen molar-refractivity contribution in [1.29, 1.82) is 0 Å². The van der Waals surface area contributed by atoms with Gasteiger partial charge in [0.1, 0.15) is 5.75 Å². The lowest BCUT2D eigenvalue weighted by Crippen LogP contribution is -2.44. The molecule has 3 aromatic rings. The van der Waals surface area contributed by atoms with E-state index in [0.717, 1.165) is 34.6 Å². The van der Waals surface area contributed by atoms with Crippen molar-refractivity contribution in [2.45, 2.75) is 33.6 Å². The molecule has 1 aromatic heterocycles. The Balaban J connectivity index is 1.55. The van der Waals surface area contributed by atoms with Crippen molar-refractivity contribution in [2.75, 3.05) is 6.61 Å². The number of hydrogen-bond donors (Lipinski definition) is 2. The molecule has 1 heterocycles. The molecule has 2 amide bonds. The Morgan fingerprint density at radius 2 is 1.71 bits per heavy atom. The average molecular weight is 441 g/mol. The maximum atomic E-state index is 12.4. The molecular formula is C23H25ClN4O3. The fourth-order valence-corrected chi connectivity index (χ4v) is 3.35. The van der Waals surface area contributed by atoms with Crippen LogP contribution in [0.2, 0.25) is 5.02 Å². The number of hydrazine groups is 1. The number of amides is 2. The topological polar surface area (TPSA) is 85.2 Å². The van der Waals surface area contributed by atoms with Crippen molar-refractivity contribution in [2.24, 2.45) is 0 Å². The zero-order valence-electron chi connectivity index (χ0n) is 17.7. The fraction of sp³-hybridized carbons (Fsp3) is 0.261. The molecule has 31 heavy (non-hydrogen) atoms. The first-order valence-electron chi connectivity index (χ1n) is 9.98. The first-order valence-corrected chi connectivity index (χ1v) is 10.4. The Kier molecular flexibility index (Phi) is 7.31. The summed E-state index contributed by atoms with van der Waals surface area (Å²) >= 11 is 5.95. The number of carbonyl (C=O) groups excluding carboxylic acids is 2. The van der Waals surface area contributed by atoms with Crippen molar-refractivity contribution in [1.82, 2.24) is 20.6 Å². The number of benzene rings is 2. The van der Waals surface area contributed by atoms with Gasteiger partial charge in [0.25, 0.3) is 5.91 Å². The molecule has 0 aliphatic carbocycles. The molecule has 0 aliphatic heterocycles. The lowest BCUT2D eigenvalue weighted by Gasteiger charge is -2.11. The zero-order valence-corrected chi connectivity index (χ0v) is 18.5. The molecule has 7 nitrogen and oxygen atoms in total. The maximum absolute atomic E-state index is 12.4. The summed E-state index contributed by atoms with van der Waals surface area (Å²) < 4.78 is 7.32. The molecule has 0 bridgehead atoms. The summed E-state index contributed by atoms with van der Waals surface area (Å²) in [4.78, 5) is 24.4. The van der Waals surface area contributed by atoms with E-state index in [1.807, 2.05) is 57.2 Å². The highest BCUT2D eigenvalue weighted by Gasteiger charge is 2.16. The van der Waals surface area contributed by atoms with Gasteiger partial charge in [-0.1, -0.05) is 36.7 Å². The Morgan fingerprint density at radius 3 is 2.42 bits per heavy atom. The number of ether oxygens (including phenoxy) is 1. The third-order valence-electron chi connectivity index (χ3n) is 4.90. The molecule has 0 atom stereocenters. The minimum atomic E-state index is -0.440. The van der Waals surface area contributed by atoms with Gasteiger partial charge in [0.15, 0.2) is 6.61 Å². The zero-order chi connectivity index (χ0) is 22.4. The smallest absolute Gasteiger partial charge is 0.276 e. The largest absolute Gasteiger partial charge is 0.483 e. The van der Waals surface area contributed by atoms with Gasteiger partial charge in [-0.05, 0) is 56.2 Å². The summed E-state index contributed by atoms with van der Waals surface area (Å²) in [7, 11) is 0. The predicted octanol–water partition coefficient (Wildman–Crippen LogP) is 3.47. The van der Waals surface area contributed by atoms with Crippen molar-refractivity contribution in [3.8, 4) is 11.4 Å². The highest BCUT2D eigenvalue weighted by molar-refractivity contribution is 6.30. The first-order chi connectivity index (χ1) is 14.9. The maximum Gasteiger partial charge on any atom is 0.276 e. The number of para-hydroxylation sites is 1.